The maximum atomic E-state index is 15.2. The summed E-state index contributed by atoms with van der Waals surface area (Å²) in [4.78, 5) is 0.334. The third-order valence-corrected chi connectivity index (χ3v) is 7.28. The van der Waals surface area contributed by atoms with Crippen molar-refractivity contribution >= 4 is 21.2 Å². The molecule has 4 nitrogen and oxygen atoms in total. The number of halogens is 6. The predicted octanol–water partition coefficient (Wildman–Crippen LogP) is 5.99. The van der Waals surface area contributed by atoms with E-state index in [-0.39, 0.29) is 5.69 Å². The first-order valence-electron chi connectivity index (χ1n) is 9.65. The van der Waals surface area contributed by atoms with Crippen LogP contribution in [0.3, 0.4) is 0 Å². The Hall–Kier alpha value is -2.43. The quantitative estimate of drug-likeness (QED) is 0.545. The summed E-state index contributed by atoms with van der Waals surface area (Å²) in [6, 6.07) is 7.10. The Morgan fingerprint density at radius 1 is 1.09 bits per heavy atom. The van der Waals surface area contributed by atoms with E-state index in [9.17, 15) is 35.5 Å². The number of phenols is 1. The number of sulfone groups is 1. The van der Waals surface area contributed by atoms with Crippen LogP contribution in [0.25, 0.3) is 0 Å². The summed E-state index contributed by atoms with van der Waals surface area (Å²) in [5, 5.41) is 9.86. The third-order valence-electron chi connectivity index (χ3n) is 5.36. The Labute approximate surface area is 181 Å². The second-order valence-electron chi connectivity index (χ2n) is 8.05. The van der Waals surface area contributed by atoms with Crippen LogP contribution < -0.4 is 4.90 Å². The van der Waals surface area contributed by atoms with Crippen molar-refractivity contribution in [3.05, 3.63) is 47.5 Å². The highest BCUT2D eigenvalue weighted by molar-refractivity contribution is 7.92. The number of alkyl halides is 6. The topological polar surface area (TPSA) is 57.6 Å². The molecule has 0 aromatic heterocycles. The molecule has 2 aromatic carbocycles. The van der Waals surface area contributed by atoms with Gasteiger partial charge in [-0.1, -0.05) is 17.7 Å². The lowest BCUT2D eigenvalue weighted by atomic mass is 10.00. The molecule has 0 saturated carbocycles. The van der Waals surface area contributed by atoms with E-state index >= 15 is 4.39 Å². The van der Waals surface area contributed by atoms with Crippen LogP contribution in [0.2, 0.25) is 0 Å². The standard InChI is InChI=1S/C21H21F6NO3S/c1-12-3-5-14(6-4-12)28-11-13(7-8-20(2,23)24)19(22)32(30,31)18-10-17(29)15(9-16(18)28)21(25,26)27/h3-6,9-10,13,19,29H,7-8,11H2,1-2H3/t13-,19+/m1/s1. The zero-order valence-corrected chi connectivity index (χ0v) is 17.9. The maximum Gasteiger partial charge on any atom is 0.420 e. The molecule has 0 bridgehead atoms. The molecule has 1 aliphatic heterocycles. The minimum atomic E-state index is -5.01. The molecule has 2 aromatic rings. The number of rotatable bonds is 4. The van der Waals surface area contributed by atoms with E-state index in [1.54, 1.807) is 19.1 Å². The number of benzene rings is 2. The van der Waals surface area contributed by atoms with Crippen LogP contribution in [0.4, 0.5) is 37.7 Å². The number of hydrogen-bond donors (Lipinski definition) is 1. The molecule has 0 saturated heterocycles. The Morgan fingerprint density at radius 2 is 1.69 bits per heavy atom. The average Bonchev–Trinajstić information content (AvgIpc) is 2.74. The lowest BCUT2D eigenvalue weighted by Crippen LogP contribution is -2.32. The molecule has 0 aliphatic carbocycles. The highest BCUT2D eigenvalue weighted by atomic mass is 32.2. The van der Waals surface area contributed by atoms with E-state index in [1.807, 2.05) is 0 Å². The van der Waals surface area contributed by atoms with Crippen LogP contribution in [-0.4, -0.2) is 31.5 Å². The molecule has 176 valence electrons. The molecule has 0 radical (unpaired) electrons. The van der Waals surface area contributed by atoms with Crippen LogP contribution >= 0.6 is 0 Å². The zero-order valence-electron chi connectivity index (χ0n) is 17.1. The number of fused-ring (bicyclic) bond motifs is 1. The van der Waals surface area contributed by atoms with Crippen LogP contribution in [0, 0.1) is 12.8 Å². The summed E-state index contributed by atoms with van der Waals surface area (Å²) in [5.41, 5.74) is -3.54. The molecule has 2 atom stereocenters. The Kier molecular flexibility index (Phi) is 6.18. The SMILES string of the molecule is Cc1ccc(N2C[C@@H](CCC(C)(F)F)[C@@H](F)S(=O)(=O)c3cc(O)c(C(F)(F)F)cc32)cc1. The Bertz CT molecular complexity index is 1090. The molecule has 0 unspecified atom stereocenters. The first-order chi connectivity index (χ1) is 14.6. The zero-order chi connectivity index (χ0) is 24.1. The van der Waals surface area contributed by atoms with Crippen molar-refractivity contribution in [1.82, 2.24) is 0 Å². The average molecular weight is 481 g/mol. The van der Waals surface area contributed by atoms with Crippen molar-refractivity contribution in [2.45, 2.75) is 49.2 Å². The largest absolute Gasteiger partial charge is 0.507 e. The lowest BCUT2D eigenvalue weighted by molar-refractivity contribution is -0.138. The maximum absolute atomic E-state index is 15.2. The van der Waals surface area contributed by atoms with E-state index in [4.69, 9.17) is 0 Å². The molecule has 0 fully saturated rings. The fraction of sp³-hybridized carbons (Fsp3) is 0.429. The molecule has 1 heterocycles. The number of phenolic OH excluding ortho intramolecular Hbond substituents is 1. The van der Waals surface area contributed by atoms with Crippen LogP contribution in [0.1, 0.15) is 30.9 Å². The van der Waals surface area contributed by atoms with Gasteiger partial charge in [-0.15, -0.1) is 0 Å². The van der Waals surface area contributed by atoms with Crippen molar-refractivity contribution < 1.29 is 39.9 Å². The lowest BCUT2D eigenvalue weighted by Gasteiger charge is -2.29. The van der Waals surface area contributed by atoms with Gasteiger partial charge in [0.2, 0.25) is 21.3 Å². The van der Waals surface area contributed by atoms with Crippen molar-refractivity contribution in [2.24, 2.45) is 5.92 Å². The first-order valence-corrected chi connectivity index (χ1v) is 11.2. The van der Waals surface area contributed by atoms with Gasteiger partial charge in [-0.05, 0) is 38.5 Å². The van der Waals surface area contributed by atoms with Gasteiger partial charge >= 0.3 is 6.18 Å². The molecule has 1 aliphatic rings. The molecule has 0 amide bonds. The minimum absolute atomic E-state index is 0.258. The highest BCUT2D eigenvalue weighted by Crippen LogP contribution is 2.47. The van der Waals surface area contributed by atoms with Gasteiger partial charge in [0.25, 0.3) is 0 Å². The van der Waals surface area contributed by atoms with Gasteiger partial charge in [-0.25, -0.2) is 21.6 Å². The number of hydrogen-bond acceptors (Lipinski definition) is 4. The molecular weight excluding hydrogens is 460 g/mol. The van der Waals surface area contributed by atoms with Crippen molar-refractivity contribution in [1.29, 1.82) is 0 Å². The van der Waals surface area contributed by atoms with Gasteiger partial charge in [-0.3, -0.25) is 0 Å². The normalized spacial score (nSPS) is 21.2. The van der Waals surface area contributed by atoms with Gasteiger partial charge < -0.3 is 10.0 Å². The minimum Gasteiger partial charge on any atom is -0.507 e. The van der Waals surface area contributed by atoms with Gasteiger partial charge in [0.15, 0.2) is 0 Å². The second kappa shape index (κ2) is 8.17. The number of anilines is 2. The van der Waals surface area contributed by atoms with Crippen LogP contribution in [0.15, 0.2) is 41.3 Å². The molecule has 1 N–H and O–H groups in total. The monoisotopic (exact) mass is 481 g/mol. The van der Waals surface area contributed by atoms with E-state index < -0.39 is 74.6 Å². The smallest absolute Gasteiger partial charge is 0.420 e. The molecule has 3 rings (SSSR count). The van der Waals surface area contributed by atoms with E-state index in [1.165, 1.54) is 17.0 Å². The summed E-state index contributed by atoms with van der Waals surface area (Å²) in [5.74, 6) is -6.00. The predicted molar refractivity (Wildman–Crippen MR) is 107 cm³/mol. The number of aryl methyl sites for hydroxylation is 1. The highest BCUT2D eigenvalue weighted by Gasteiger charge is 2.45. The van der Waals surface area contributed by atoms with Crippen molar-refractivity contribution in [3.63, 3.8) is 0 Å². The fourth-order valence-corrected chi connectivity index (χ4v) is 5.35. The van der Waals surface area contributed by atoms with Crippen molar-refractivity contribution in [2.75, 3.05) is 11.4 Å². The van der Waals surface area contributed by atoms with Crippen molar-refractivity contribution in [3.8, 4) is 5.75 Å². The summed E-state index contributed by atoms with van der Waals surface area (Å²) in [6.07, 6.45) is -6.32. The van der Waals surface area contributed by atoms with Gasteiger partial charge in [0.1, 0.15) is 5.75 Å². The fourth-order valence-electron chi connectivity index (χ4n) is 3.64. The van der Waals surface area contributed by atoms with Gasteiger partial charge in [-0.2, -0.15) is 13.2 Å². The number of nitrogens with zero attached hydrogens (tertiary/aromatic N) is 1. The summed E-state index contributed by atoms with van der Waals surface area (Å²) in [7, 11) is -4.89. The Morgan fingerprint density at radius 3 is 2.22 bits per heavy atom. The van der Waals surface area contributed by atoms with E-state index in [0.717, 1.165) is 5.56 Å². The molecular formula is C21H21F6NO3S. The Balaban J connectivity index is 2.24. The summed E-state index contributed by atoms with van der Waals surface area (Å²) < 4.78 is 108. The molecule has 32 heavy (non-hydrogen) atoms. The molecule has 0 spiro atoms. The third kappa shape index (κ3) is 4.82. The van der Waals surface area contributed by atoms with E-state index in [0.29, 0.717) is 19.1 Å². The van der Waals surface area contributed by atoms with Crippen LogP contribution in [-0.2, 0) is 16.0 Å². The first kappa shape index (κ1) is 24.2. The summed E-state index contributed by atoms with van der Waals surface area (Å²) >= 11 is 0. The summed E-state index contributed by atoms with van der Waals surface area (Å²) in [6.45, 7) is 1.92. The van der Waals surface area contributed by atoms with Gasteiger partial charge in [0.05, 0.1) is 16.1 Å². The van der Waals surface area contributed by atoms with E-state index in [2.05, 4.69) is 0 Å². The number of aromatic hydroxyl groups is 1. The van der Waals surface area contributed by atoms with Gasteiger partial charge in [0, 0.05) is 30.6 Å². The van der Waals surface area contributed by atoms with Crippen LogP contribution in [0.5, 0.6) is 5.75 Å². The molecule has 11 heteroatoms. The second-order valence-corrected chi connectivity index (χ2v) is 10.0.